The summed E-state index contributed by atoms with van der Waals surface area (Å²) in [5.74, 6) is 1.40. The van der Waals surface area contributed by atoms with E-state index in [0.29, 0.717) is 33.4 Å². The molecule has 0 bridgehead atoms. The molecule has 0 saturated heterocycles. The molecule has 0 radical (unpaired) electrons. The van der Waals surface area contributed by atoms with Crippen LogP contribution in [-0.4, -0.2) is 18.2 Å². The van der Waals surface area contributed by atoms with Crippen molar-refractivity contribution in [2.75, 3.05) is 7.11 Å². The van der Waals surface area contributed by atoms with Crippen molar-refractivity contribution in [2.24, 2.45) is 4.99 Å². The van der Waals surface area contributed by atoms with Gasteiger partial charge in [0.25, 0.3) is 5.69 Å². The zero-order valence-electron chi connectivity index (χ0n) is 15.7. The summed E-state index contributed by atoms with van der Waals surface area (Å²) in [5.41, 5.74) is 2.38. The Kier molecular flexibility index (Phi) is 5.14. The Morgan fingerprint density at radius 2 is 2.14 bits per heavy atom. The molecule has 0 saturated carbocycles. The predicted octanol–water partition coefficient (Wildman–Crippen LogP) is 5.43. The molecule has 0 aliphatic heterocycles. The molecule has 146 valence electrons. The average Bonchev–Trinajstić information content (AvgIpc) is 3.35. The molecule has 2 aromatic heterocycles. The molecule has 0 atom stereocenters. The fourth-order valence-corrected chi connectivity index (χ4v) is 4.63. The van der Waals surface area contributed by atoms with Gasteiger partial charge in [-0.2, -0.15) is 5.26 Å². The Labute approximate surface area is 171 Å². The molecule has 1 aliphatic rings. The van der Waals surface area contributed by atoms with Gasteiger partial charge in [-0.05, 0) is 49.4 Å². The van der Waals surface area contributed by atoms with Crippen molar-refractivity contribution < 1.29 is 14.1 Å². The van der Waals surface area contributed by atoms with Crippen LogP contribution in [0.25, 0.3) is 11.3 Å². The summed E-state index contributed by atoms with van der Waals surface area (Å²) in [6.45, 7) is 0. The third-order valence-corrected chi connectivity index (χ3v) is 6.06. The van der Waals surface area contributed by atoms with Crippen LogP contribution in [-0.2, 0) is 12.8 Å². The van der Waals surface area contributed by atoms with E-state index >= 15 is 0 Å². The quantitative estimate of drug-likeness (QED) is 0.319. The molecule has 0 amide bonds. The number of thiophene rings is 1. The number of benzene rings is 1. The van der Waals surface area contributed by atoms with Gasteiger partial charge < -0.3 is 9.15 Å². The van der Waals surface area contributed by atoms with E-state index in [-0.39, 0.29) is 5.69 Å². The molecule has 3 aromatic rings. The number of nitro groups is 1. The van der Waals surface area contributed by atoms with Gasteiger partial charge in [-0.25, -0.2) is 4.99 Å². The summed E-state index contributed by atoms with van der Waals surface area (Å²) < 4.78 is 11.1. The van der Waals surface area contributed by atoms with Crippen molar-refractivity contribution in [1.82, 2.24) is 0 Å². The number of methoxy groups -OCH3 is 1. The first-order valence-electron chi connectivity index (χ1n) is 9.12. The van der Waals surface area contributed by atoms with Gasteiger partial charge >= 0.3 is 0 Å². The average molecular weight is 407 g/mol. The number of fused-ring (bicyclic) bond motifs is 1. The zero-order chi connectivity index (χ0) is 20.4. The summed E-state index contributed by atoms with van der Waals surface area (Å²) in [6, 6.07) is 10.2. The van der Waals surface area contributed by atoms with E-state index in [2.05, 4.69) is 11.1 Å². The van der Waals surface area contributed by atoms with Gasteiger partial charge in [0.1, 0.15) is 28.3 Å². The predicted molar refractivity (Wildman–Crippen MR) is 110 cm³/mol. The molecule has 29 heavy (non-hydrogen) atoms. The van der Waals surface area contributed by atoms with Crippen LogP contribution in [0.1, 0.15) is 34.6 Å². The minimum Gasteiger partial charge on any atom is -0.496 e. The lowest BCUT2D eigenvalue weighted by molar-refractivity contribution is -0.384. The first-order valence-corrected chi connectivity index (χ1v) is 9.93. The summed E-state index contributed by atoms with van der Waals surface area (Å²) >= 11 is 1.57. The number of ether oxygens (including phenoxy) is 1. The van der Waals surface area contributed by atoms with E-state index in [4.69, 9.17) is 9.15 Å². The molecular formula is C21H17N3O4S. The number of furan rings is 1. The number of nitro benzene ring substituents is 1. The Balaban J connectivity index is 1.62. The van der Waals surface area contributed by atoms with Crippen LogP contribution in [0.3, 0.4) is 0 Å². The Bertz CT molecular complexity index is 1150. The molecule has 0 unspecified atom stereocenters. The molecular weight excluding hydrogens is 390 g/mol. The highest BCUT2D eigenvalue weighted by molar-refractivity contribution is 7.16. The molecule has 1 aliphatic carbocycles. The number of nitriles is 1. The summed E-state index contributed by atoms with van der Waals surface area (Å²) in [4.78, 5) is 16.2. The van der Waals surface area contributed by atoms with Crippen LogP contribution >= 0.6 is 11.3 Å². The second kappa shape index (κ2) is 7.89. The monoisotopic (exact) mass is 407 g/mol. The summed E-state index contributed by atoms with van der Waals surface area (Å²) in [5, 5.41) is 21.2. The van der Waals surface area contributed by atoms with Crippen LogP contribution < -0.4 is 4.74 Å². The van der Waals surface area contributed by atoms with Gasteiger partial charge in [-0.1, -0.05) is 0 Å². The van der Waals surface area contributed by atoms with E-state index in [0.717, 1.165) is 31.2 Å². The molecule has 4 rings (SSSR count). The molecule has 0 spiro atoms. The maximum absolute atomic E-state index is 11.0. The Hall–Kier alpha value is -3.44. The van der Waals surface area contributed by atoms with E-state index in [1.165, 1.54) is 24.1 Å². The minimum absolute atomic E-state index is 0.0513. The molecule has 0 fully saturated rings. The first-order chi connectivity index (χ1) is 14.1. The second-order valence-electron chi connectivity index (χ2n) is 6.60. The van der Waals surface area contributed by atoms with Gasteiger partial charge in [0.15, 0.2) is 0 Å². The van der Waals surface area contributed by atoms with Crippen LogP contribution in [0, 0.1) is 21.4 Å². The zero-order valence-corrected chi connectivity index (χ0v) is 16.5. The number of aryl methyl sites for hydroxylation is 1. The maximum atomic E-state index is 11.0. The number of hydrogen-bond donors (Lipinski definition) is 0. The summed E-state index contributed by atoms with van der Waals surface area (Å²) in [6.07, 6.45) is 5.81. The number of aliphatic imine (C=N–C) groups is 1. The normalized spacial score (nSPS) is 13.2. The highest BCUT2D eigenvalue weighted by Gasteiger charge is 2.20. The van der Waals surface area contributed by atoms with Crippen molar-refractivity contribution in [3.05, 3.63) is 62.2 Å². The highest BCUT2D eigenvalue weighted by atomic mass is 32.1. The van der Waals surface area contributed by atoms with Gasteiger partial charge in [-0.3, -0.25) is 10.1 Å². The van der Waals surface area contributed by atoms with Gasteiger partial charge in [0.05, 0.1) is 35.4 Å². The number of non-ortho nitro benzene ring substituents is 1. The van der Waals surface area contributed by atoms with Crippen LogP contribution in [0.5, 0.6) is 5.75 Å². The van der Waals surface area contributed by atoms with Crippen molar-refractivity contribution in [2.45, 2.75) is 25.7 Å². The third kappa shape index (κ3) is 3.65. The lowest BCUT2D eigenvalue weighted by Gasteiger charge is -2.09. The molecule has 7 nitrogen and oxygen atoms in total. The van der Waals surface area contributed by atoms with Gasteiger partial charge in [0, 0.05) is 10.9 Å². The van der Waals surface area contributed by atoms with Crippen molar-refractivity contribution in [3.8, 4) is 23.1 Å². The van der Waals surface area contributed by atoms with Crippen LogP contribution in [0.2, 0.25) is 0 Å². The van der Waals surface area contributed by atoms with E-state index in [9.17, 15) is 15.4 Å². The number of hydrogen-bond acceptors (Lipinski definition) is 7. The van der Waals surface area contributed by atoms with E-state index in [1.54, 1.807) is 35.8 Å². The van der Waals surface area contributed by atoms with Crippen LogP contribution in [0.15, 0.2) is 39.7 Å². The first kappa shape index (κ1) is 18.9. The largest absolute Gasteiger partial charge is 0.496 e. The standard InChI is InChI=1S/C21H17N3O4S/c1-27-19-10-13(24(25)26)6-8-16(19)18-9-7-14(28-18)12-23-21-17(11-22)15-4-2-3-5-20(15)29-21/h6-10,12H,2-5H2,1H3. The number of rotatable bonds is 5. The number of nitrogens with zero attached hydrogens (tertiary/aromatic N) is 3. The third-order valence-electron chi connectivity index (χ3n) is 4.86. The highest BCUT2D eigenvalue weighted by Crippen LogP contribution is 2.39. The molecule has 0 N–H and O–H groups in total. The molecule has 1 aromatic carbocycles. The van der Waals surface area contributed by atoms with Crippen LogP contribution in [0.4, 0.5) is 10.7 Å². The lowest BCUT2D eigenvalue weighted by atomic mass is 9.96. The molecule has 8 heteroatoms. The van der Waals surface area contributed by atoms with Crippen molar-refractivity contribution in [1.29, 1.82) is 5.26 Å². The molecule has 2 heterocycles. The van der Waals surface area contributed by atoms with E-state index in [1.807, 2.05) is 0 Å². The van der Waals surface area contributed by atoms with E-state index < -0.39 is 4.92 Å². The fraction of sp³-hybridized carbons (Fsp3) is 0.238. The maximum Gasteiger partial charge on any atom is 0.273 e. The minimum atomic E-state index is -0.472. The summed E-state index contributed by atoms with van der Waals surface area (Å²) in [7, 11) is 1.45. The SMILES string of the molecule is COc1cc([N+](=O)[O-])ccc1-c1ccc(C=Nc2sc3c(c2C#N)CCCC3)o1. The van der Waals surface area contributed by atoms with Crippen molar-refractivity contribution in [3.63, 3.8) is 0 Å². The lowest BCUT2D eigenvalue weighted by Crippen LogP contribution is -1.99. The van der Waals surface area contributed by atoms with Crippen molar-refractivity contribution >= 4 is 28.2 Å². The fourth-order valence-electron chi connectivity index (χ4n) is 3.44. The smallest absolute Gasteiger partial charge is 0.273 e. The Morgan fingerprint density at radius 1 is 1.31 bits per heavy atom. The second-order valence-corrected chi connectivity index (χ2v) is 7.69. The van der Waals surface area contributed by atoms with Gasteiger partial charge in [-0.15, -0.1) is 11.3 Å². The van der Waals surface area contributed by atoms with Gasteiger partial charge in [0.2, 0.25) is 0 Å². The topological polar surface area (TPSA) is 102 Å². The Morgan fingerprint density at radius 3 is 2.90 bits per heavy atom.